The van der Waals surface area contributed by atoms with Gasteiger partial charge in [0.1, 0.15) is 0 Å². The molecule has 0 radical (unpaired) electrons. The Labute approximate surface area is 406 Å². The number of hydrogen-bond acceptors (Lipinski definition) is 8. The van der Waals surface area contributed by atoms with Crippen molar-refractivity contribution in [2.24, 2.45) is 5.41 Å². The molecule has 4 fully saturated rings. The average Bonchev–Trinajstić information content (AvgIpc) is 4.03. The molecule has 2 N–H and O–H groups in total. The molecule has 5 aliphatic rings. The van der Waals surface area contributed by atoms with Crippen molar-refractivity contribution >= 4 is 69.6 Å². The highest BCUT2D eigenvalue weighted by molar-refractivity contribution is 6.34. The number of nitrogens with one attached hydrogen (secondary N) is 2. The van der Waals surface area contributed by atoms with Crippen LogP contribution in [-0.4, -0.2) is 144 Å². The van der Waals surface area contributed by atoms with Crippen LogP contribution in [-0.2, 0) is 20.9 Å². The highest BCUT2D eigenvalue weighted by Crippen LogP contribution is 2.44. The standard InChI is InChI=1S/C49H53ClFN9O4.C3H7NO/c1-32-26-40-38(28-39(45(51)46(40)53-32)35-4-2-18-57(29-35)44(62)14-22-59-19-3-17-52-59)33-5-8-36(9-6-33)55-20-11-37(12-21-55)58-30-49(31-58)15-24-56(25-16-49)47(63)34-7-10-41(50)42(27-34)60-23-13-43(61)54-48(60)64;1-4(2)3-5/h3-10,17,19,26-28,37,53H,2,11-16,18,20-25,29-31H2,1H3,(H,54,61,64);3H,1-2H3. The molecule has 4 saturated heterocycles. The molecule has 69 heavy (non-hydrogen) atoms. The minimum atomic E-state index is -0.529. The number of fused-ring (bicyclic) bond motifs is 1. The lowest BCUT2D eigenvalue weighted by atomic mass is 9.70. The molecule has 2 aromatic heterocycles. The molecule has 0 bridgehead atoms. The highest BCUT2D eigenvalue weighted by Gasteiger charge is 2.48. The number of aromatic nitrogens is 3. The second-order valence-electron chi connectivity index (χ2n) is 19.3. The van der Waals surface area contributed by atoms with Crippen LogP contribution in [0.1, 0.15) is 66.6 Å². The Morgan fingerprint density at radius 3 is 2.36 bits per heavy atom. The second-order valence-corrected chi connectivity index (χ2v) is 19.7. The fraction of sp³-hybridized carbons (Fsp3) is 0.423. The molecule has 0 aliphatic carbocycles. The number of nitrogens with zero attached hydrogens (tertiary/aromatic N) is 8. The van der Waals surface area contributed by atoms with Crippen LogP contribution in [0.4, 0.5) is 20.6 Å². The number of benzene rings is 3. The van der Waals surface area contributed by atoms with Gasteiger partial charge in [0, 0.05) is 139 Å². The van der Waals surface area contributed by atoms with Crippen LogP contribution in [0.3, 0.4) is 0 Å². The third kappa shape index (κ3) is 10.3. The summed E-state index contributed by atoms with van der Waals surface area (Å²) in [5, 5.41) is 7.75. The molecular formula is C52H60ClFN10O5. The first-order valence-electron chi connectivity index (χ1n) is 24.0. The maximum Gasteiger partial charge on any atom is 0.328 e. The van der Waals surface area contributed by atoms with Gasteiger partial charge in [-0.2, -0.15) is 5.10 Å². The molecule has 5 aliphatic heterocycles. The van der Waals surface area contributed by atoms with Crippen LogP contribution < -0.4 is 15.1 Å². The van der Waals surface area contributed by atoms with E-state index in [9.17, 15) is 24.0 Å². The number of likely N-dealkylation sites (tertiary alicyclic amines) is 2. The number of hydrogen-bond donors (Lipinski definition) is 2. The molecule has 6 amide bonds. The first-order valence-corrected chi connectivity index (χ1v) is 24.3. The SMILES string of the molecule is CN(C)C=O.Cc1cc2c(-c3ccc(N4CCC(N5CC6(CCN(C(=O)c7ccc(Cl)c(N8CCC(=O)NC8=O)c7)CC6)C5)CC4)cc3)cc(C3=CCCN(C(=O)CCn4cccn4)C3)c(F)c2[nH]1. The lowest BCUT2D eigenvalue weighted by molar-refractivity contribution is -0.131. The van der Waals surface area contributed by atoms with Crippen LogP contribution in [0.2, 0.25) is 5.02 Å². The molecule has 17 heteroatoms. The smallest absolute Gasteiger partial charge is 0.328 e. The minimum absolute atomic E-state index is 0.0404. The van der Waals surface area contributed by atoms with Gasteiger partial charge < -0.3 is 24.6 Å². The second kappa shape index (κ2) is 20.2. The zero-order chi connectivity index (χ0) is 48.4. The van der Waals surface area contributed by atoms with Crippen LogP contribution >= 0.6 is 11.6 Å². The Balaban J connectivity index is 0.00000113. The number of urea groups is 1. The zero-order valence-electron chi connectivity index (χ0n) is 39.6. The van der Waals surface area contributed by atoms with Crippen LogP contribution in [0.25, 0.3) is 27.6 Å². The third-order valence-electron chi connectivity index (χ3n) is 14.4. The molecule has 15 nitrogen and oxygen atoms in total. The summed E-state index contributed by atoms with van der Waals surface area (Å²) < 4.78 is 18.1. The van der Waals surface area contributed by atoms with E-state index in [1.807, 2.05) is 41.1 Å². The molecule has 7 heterocycles. The van der Waals surface area contributed by atoms with Crippen LogP contribution in [0, 0.1) is 18.2 Å². The quantitative estimate of drug-likeness (QED) is 0.140. The van der Waals surface area contributed by atoms with Crippen molar-refractivity contribution in [2.45, 2.75) is 64.5 Å². The number of piperidine rings is 2. The van der Waals surface area contributed by atoms with Crippen molar-refractivity contribution in [1.82, 2.24) is 39.7 Å². The van der Waals surface area contributed by atoms with Crippen molar-refractivity contribution in [2.75, 3.05) is 82.8 Å². The fourth-order valence-corrected chi connectivity index (χ4v) is 10.8. The lowest BCUT2D eigenvalue weighted by Crippen LogP contribution is -2.64. The number of carbonyl (C=O) groups is 5. The van der Waals surface area contributed by atoms with Gasteiger partial charge in [-0.15, -0.1) is 0 Å². The molecule has 10 rings (SSSR count). The minimum Gasteiger partial charge on any atom is -0.371 e. The van der Waals surface area contributed by atoms with Crippen molar-refractivity contribution in [3.05, 3.63) is 107 Å². The Morgan fingerprint density at radius 2 is 1.68 bits per heavy atom. The van der Waals surface area contributed by atoms with E-state index in [4.69, 9.17) is 11.6 Å². The Kier molecular flexibility index (Phi) is 13.9. The van der Waals surface area contributed by atoms with Crippen molar-refractivity contribution in [3.8, 4) is 11.1 Å². The van der Waals surface area contributed by atoms with Gasteiger partial charge >= 0.3 is 6.03 Å². The highest BCUT2D eigenvalue weighted by atomic mass is 35.5. The van der Waals surface area contributed by atoms with Gasteiger partial charge in [0.05, 0.1) is 16.2 Å². The summed E-state index contributed by atoms with van der Waals surface area (Å²) in [6.07, 6.45) is 11.7. The van der Waals surface area contributed by atoms with Gasteiger partial charge in [-0.1, -0.05) is 29.8 Å². The molecule has 362 valence electrons. The van der Waals surface area contributed by atoms with E-state index < -0.39 is 6.03 Å². The van der Waals surface area contributed by atoms with E-state index in [0.717, 1.165) is 86.1 Å². The molecule has 0 unspecified atom stereocenters. The molecule has 1 spiro atoms. The summed E-state index contributed by atoms with van der Waals surface area (Å²) >= 11 is 6.44. The van der Waals surface area contributed by atoms with Gasteiger partial charge in [-0.3, -0.25) is 39.0 Å². The summed E-state index contributed by atoms with van der Waals surface area (Å²) in [7, 11) is 3.38. The predicted molar refractivity (Wildman–Crippen MR) is 266 cm³/mol. The van der Waals surface area contributed by atoms with Crippen molar-refractivity contribution in [1.29, 1.82) is 0 Å². The van der Waals surface area contributed by atoms with E-state index in [2.05, 4.69) is 55.5 Å². The van der Waals surface area contributed by atoms with E-state index in [-0.39, 0.29) is 41.9 Å². The summed E-state index contributed by atoms with van der Waals surface area (Å²) in [5.74, 6) is -0.630. The largest absolute Gasteiger partial charge is 0.371 e. The summed E-state index contributed by atoms with van der Waals surface area (Å²) in [5.41, 5.74) is 7.08. The third-order valence-corrected chi connectivity index (χ3v) is 14.7. The lowest BCUT2D eigenvalue weighted by Gasteiger charge is -2.57. The molecule has 0 saturated carbocycles. The molecular weight excluding hydrogens is 899 g/mol. The van der Waals surface area contributed by atoms with Gasteiger partial charge in [0.2, 0.25) is 18.2 Å². The molecule has 0 atom stereocenters. The molecule has 5 aromatic rings. The Bertz CT molecular complexity index is 2750. The first-order chi connectivity index (χ1) is 33.3. The van der Waals surface area contributed by atoms with Crippen molar-refractivity contribution in [3.63, 3.8) is 0 Å². The Morgan fingerprint density at radius 1 is 0.942 bits per heavy atom. The van der Waals surface area contributed by atoms with Gasteiger partial charge in [0.15, 0.2) is 5.82 Å². The number of carbonyl (C=O) groups excluding carboxylic acids is 5. The number of aromatic amines is 1. The number of rotatable bonds is 10. The Hall–Kier alpha value is -6.52. The number of imide groups is 1. The number of halogens is 2. The monoisotopic (exact) mass is 958 g/mol. The maximum atomic E-state index is 16.3. The van der Waals surface area contributed by atoms with E-state index in [1.165, 1.54) is 15.5 Å². The first kappa shape index (κ1) is 47.5. The number of aryl methyl sites for hydroxylation is 2. The van der Waals surface area contributed by atoms with Gasteiger partial charge in [-0.25, -0.2) is 9.18 Å². The van der Waals surface area contributed by atoms with Crippen molar-refractivity contribution < 1.29 is 28.4 Å². The van der Waals surface area contributed by atoms with Gasteiger partial charge in [0.25, 0.3) is 5.91 Å². The number of amides is 6. The topological polar surface area (TPSA) is 150 Å². The van der Waals surface area contributed by atoms with E-state index in [1.54, 1.807) is 43.2 Å². The average molecular weight is 960 g/mol. The molecule has 3 aromatic carbocycles. The van der Waals surface area contributed by atoms with Gasteiger partial charge in [-0.05, 0) is 110 Å². The van der Waals surface area contributed by atoms with E-state index in [0.29, 0.717) is 79.0 Å². The normalized spacial score (nSPS) is 18.7. The maximum absolute atomic E-state index is 16.3. The summed E-state index contributed by atoms with van der Waals surface area (Å²) in [6, 6.07) is 19.5. The summed E-state index contributed by atoms with van der Waals surface area (Å²) in [6.45, 7) is 9.12. The summed E-state index contributed by atoms with van der Waals surface area (Å²) in [4.78, 5) is 75.4. The van der Waals surface area contributed by atoms with Crippen LogP contribution in [0.5, 0.6) is 0 Å². The van der Waals surface area contributed by atoms with E-state index >= 15 is 4.39 Å². The fourth-order valence-electron chi connectivity index (χ4n) is 10.6. The zero-order valence-corrected chi connectivity index (χ0v) is 40.3. The van der Waals surface area contributed by atoms with Crippen LogP contribution in [0.15, 0.2) is 79.1 Å². The number of H-pyrrole nitrogens is 1. The predicted octanol–water partition coefficient (Wildman–Crippen LogP) is 7.20. The number of anilines is 2.